The molecule has 0 saturated heterocycles. The highest BCUT2D eigenvalue weighted by molar-refractivity contribution is 7.00. The number of para-hydroxylation sites is 1. The molecular formula is C79H74BN3. The first-order valence-corrected chi connectivity index (χ1v) is 30.4. The average Bonchev–Trinajstić information content (AvgIpc) is 1.68. The monoisotopic (exact) mass is 1080 g/mol. The molecule has 83 heavy (non-hydrogen) atoms. The predicted octanol–water partition coefficient (Wildman–Crippen LogP) is 18.1. The molecule has 3 nitrogen and oxygen atoms in total. The second kappa shape index (κ2) is 18.3. The lowest BCUT2D eigenvalue weighted by Gasteiger charge is -2.53. The molecule has 0 fully saturated rings. The minimum atomic E-state index is -0.362. The van der Waals surface area contributed by atoms with Crippen LogP contribution in [0.3, 0.4) is 0 Å². The van der Waals surface area contributed by atoms with E-state index >= 15 is 0 Å². The summed E-state index contributed by atoms with van der Waals surface area (Å²) in [6.45, 7) is 23.8. The lowest BCUT2D eigenvalue weighted by atomic mass is 9.33. The van der Waals surface area contributed by atoms with Gasteiger partial charge in [0.1, 0.15) is 0 Å². The zero-order valence-electron chi connectivity index (χ0n) is 50.0. The predicted molar refractivity (Wildman–Crippen MR) is 353 cm³/mol. The van der Waals surface area contributed by atoms with Gasteiger partial charge in [-0.15, -0.1) is 0 Å². The van der Waals surface area contributed by atoms with Crippen molar-refractivity contribution in [1.82, 2.24) is 0 Å². The molecule has 2 unspecified atom stereocenters. The van der Waals surface area contributed by atoms with Crippen LogP contribution in [-0.4, -0.2) is 12.3 Å². The summed E-state index contributed by atoms with van der Waals surface area (Å²) < 4.78 is 0. The summed E-state index contributed by atoms with van der Waals surface area (Å²) in [7, 11) is 0. The first kappa shape index (κ1) is 51.5. The van der Waals surface area contributed by atoms with Gasteiger partial charge >= 0.3 is 0 Å². The van der Waals surface area contributed by atoms with Crippen LogP contribution >= 0.6 is 0 Å². The smallest absolute Gasteiger partial charge is 0.252 e. The summed E-state index contributed by atoms with van der Waals surface area (Å²) in [5.41, 5.74) is 30.7. The molecule has 15 rings (SSSR count). The first-order valence-electron chi connectivity index (χ1n) is 30.4. The molecule has 2 aliphatic carbocycles. The van der Waals surface area contributed by atoms with Gasteiger partial charge in [0.25, 0.3) is 6.71 Å². The Bertz CT molecular complexity index is 4260. The zero-order chi connectivity index (χ0) is 57.0. The number of hydrogen-bond donors (Lipinski definition) is 0. The SMILES string of the molecule is Cc1cc2c3c(c1)N(c1ccc(C(C)(C)C)cc1-c1ccccc1)c1cc4c(cc1B3c1cc(N3c5ccccc5C5(c6ccccc6)Cc6ccccc6CC35C)ccc1N2c1ccc(C(C)(C)C)cc1-c1ccccc1)CC(C)(C)C4. The van der Waals surface area contributed by atoms with E-state index in [-0.39, 0.29) is 33.9 Å². The summed E-state index contributed by atoms with van der Waals surface area (Å²) in [5, 5.41) is 0. The maximum absolute atomic E-state index is 2.79. The Hall–Kier alpha value is -8.34. The van der Waals surface area contributed by atoms with E-state index in [2.05, 4.69) is 302 Å². The number of rotatable bonds is 6. The zero-order valence-corrected chi connectivity index (χ0v) is 50.0. The van der Waals surface area contributed by atoms with Gasteiger partial charge in [0.2, 0.25) is 0 Å². The average molecular weight is 1080 g/mol. The Morgan fingerprint density at radius 3 is 1.48 bits per heavy atom. The van der Waals surface area contributed by atoms with Gasteiger partial charge in [-0.3, -0.25) is 0 Å². The highest BCUT2D eigenvalue weighted by Crippen LogP contribution is 2.63. The van der Waals surface area contributed by atoms with Crippen LogP contribution in [0.25, 0.3) is 22.3 Å². The number of aryl methyl sites for hydroxylation is 1. The van der Waals surface area contributed by atoms with Crippen molar-refractivity contribution in [2.45, 2.75) is 117 Å². The summed E-state index contributed by atoms with van der Waals surface area (Å²) in [6, 6.07) is 85.0. The van der Waals surface area contributed by atoms with Crippen LogP contribution in [-0.2, 0) is 41.9 Å². The summed E-state index contributed by atoms with van der Waals surface area (Å²) >= 11 is 0. The number of benzene rings is 10. The Morgan fingerprint density at radius 2 is 0.892 bits per heavy atom. The molecule has 2 atom stereocenters. The van der Waals surface area contributed by atoms with Crippen LogP contribution in [0, 0.1) is 12.3 Å². The number of hydrogen-bond acceptors (Lipinski definition) is 3. The first-order chi connectivity index (χ1) is 39.9. The molecule has 10 aromatic rings. The van der Waals surface area contributed by atoms with E-state index in [4.69, 9.17) is 0 Å². The Kier molecular flexibility index (Phi) is 11.4. The Labute approximate surface area is 493 Å². The summed E-state index contributed by atoms with van der Waals surface area (Å²) in [6.07, 6.45) is 3.93. The molecule has 0 saturated carbocycles. The largest absolute Gasteiger partial charge is 0.334 e. The molecule has 0 aromatic heterocycles. The molecule has 10 aromatic carbocycles. The normalized spacial score (nSPS) is 18.9. The molecule has 0 radical (unpaired) electrons. The lowest BCUT2D eigenvalue weighted by Crippen LogP contribution is -2.62. The van der Waals surface area contributed by atoms with Crippen molar-refractivity contribution in [1.29, 1.82) is 0 Å². The maximum atomic E-state index is 2.79. The van der Waals surface area contributed by atoms with Crippen molar-refractivity contribution in [2.75, 3.05) is 14.7 Å². The second-order valence-corrected chi connectivity index (χ2v) is 28.0. The van der Waals surface area contributed by atoms with Crippen LogP contribution in [0.1, 0.15) is 112 Å². The van der Waals surface area contributed by atoms with Crippen LogP contribution in [0.4, 0.5) is 45.5 Å². The van der Waals surface area contributed by atoms with E-state index in [0.717, 1.165) is 25.7 Å². The van der Waals surface area contributed by atoms with Gasteiger partial charge in [-0.25, -0.2) is 0 Å². The van der Waals surface area contributed by atoms with E-state index in [1.165, 1.54) is 134 Å². The van der Waals surface area contributed by atoms with E-state index in [9.17, 15) is 0 Å². The third-order valence-corrected chi connectivity index (χ3v) is 19.9. The standard InChI is InChI=1S/C79H74BN3/c1-51-40-72-74-73(41-51)82(68-38-35-60(76(5,6)7)45-63(68)53-26-16-12-17-27-53)71-43-57-48-77(8,9)47-56(57)42-65(71)80(74)66-46-61(36-39-70(66)81(72)67-37-34-59(75(2,3)4)44-62(67)52-24-14-11-15-25-52)83-69-33-23-22-32-64(69)79(58-30-18-13-19-31-58)50-55-29-21-20-28-54(55)49-78(79,83)10/h11-46H,47-50H2,1-10H3. The van der Waals surface area contributed by atoms with Crippen LogP contribution in [0.5, 0.6) is 0 Å². The van der Waals surface area contributed by atoms with Gasteiger partial charge in [0.05, 0.1) is 16.9 Å². The van der Waals surface area contributed by atoms with Crippen molar-refractivity contribution < 1.29 is 0 Å². The highest BCUT2D eigenvalue weighted by Gasteiger charge is 2.62. The van der Waals surface area contributed by atoms with E-state index in [1.54, 1.807) is 0 Å². The molecule has 5 aliphatic rings. The van der Waals surface area contributed by atoms with Crippen molar-refractivity contribution in [3.05, 3.63) is 268 Å². The van der Waals surface area contributed by atoms with E-state index < -0.39 is 0 Å². The van der Waals surface area contributed by atoms with E-state index in [1.807, 2.05) is 0 Å². The minimum Gasteiger partial charge on any atom is -0.334 e. The van der Waals surface area contributed by atoms with Gasteiger partial charge in [-0.05, 0) is 200 Å². The maximum Gasteiger partial charge on any atom is 0.252 e. The molecule has 3 aliphatic heterocycles. The fourth-order valence-electron chi connectivity index (χ4n) is 16.0. The molecule has 0 N–H and O–H groups in total. The van der Waals surface area contributed by atoms with Gasteiger partial charge in [0.15, 0.2) is 0 Å². The third-order valence-electron chi connectivity index (χ3n) is 19.9. The van der Waals surface area contributed by atoms with Crippen molar-refractivity contribution in [3.63, 3.8) is 0 Å². The van der Waals surface area contributed by atoms with Crippen LogP contribution in [0.2, 0.25) is 0 Å². The fraction of sp³-hybridized carbons (Fsp3) is 0.241. The van der Waals surface area contributed by atoms with Gasteiger partial charge in [-0.1, -0.05) is 207 Å². The van der Waals surface area contributed by atoms with Crippen LogP contribution in [0.15, 0.2) is 218 Å². The Morgan fingerprint density at radius 1 is 0.398 bits per heavy atom. The number of anilines is 8. The second-order valence-electron chi connectivity index (χ2n) is 28.0. The highest BCUT2D eigenvalue weighted by atomic mass is 15.3. The topological polar surface area (TPSA) is 9.72 Å². The Balaban J connectivity index is 1.05. The van der Waals surface area contributed by atoms with Gasteiger partial charge < -0.3 is 14.7 Å². The third kappa shape index (κ3) is 7.84. The lowest BCUT2D eigenvalue weighted by molar-refractivity contribution is 0.281. The van der Waals surface area contributed by atoms with Gasteiger partial charge in [0, 0.05) is 50.7 Å². The van der Waals surface area contributed by atoms with Gasteiger partial charge in [-0.2, -0.15) is 0 Å². The van der Waals surface area contributed by atoms with E-state index in [0.29, 0.717) is 0 Å². The molecule has 3 heterocycles. The molecular weight excluding hydrogens is 1000 g/mol. The van der Waals surface area contributed by atoms with Crippen molar-refractivity contribution >= 4 is 68.6 Å². The quantitative estimate of drug-likeness (QED) is 0.154. The number of fused-ring (bicyclic) bond motifs is 9. The molecule has 0 bridgehead atoms. The minimum absolute atomic E-state index is 0.0442. The summed E-state index contributed by atoms with van der Waals surface area (Å²) in [5.74, 6) is 0. The molecule has 408 valence electrons. The van der Waals surface area contributed by atoms with Crippen molar-refractivity contribution in [2.24, 2.45) is 5.41 Å². The van der Waals surface area contributed by atoms with Crippen LogP contribution < -0.4 is 31.1 Å². The molecule has 4 heteroatoms. The molecule has 0 spiro atoms. The van der Waals surface area contributed by atoms with Crippen molar-refractivity contribution in [3.8, 4) is 22.3 Å². The summed E-state index contributed by atoms with van der Waals surface area (Å²) in [4.78, 5) is 8.15. The number of nitrogens with zero attached hydrogens (tertiary/aromatic N) is 3. The fourth-order valence-corrected chi connectivity index (χ4v) is 16.0. The molecule has 0 amide bonds.